The first-order valence-electron chi connectivity index (χ1n) is 12.2. The highest BCUT2D eigenvalue weighted by Gasteiger charge is 2.41. The van der Waals surface area contributed by atoms with Gasteiger partial charge >= 0.3 is 6.03 Å². The van der Waals surface area contributed by atoms with Crippen LogP contribution in [0.1, 0.15) is 12.5 Å². The minimum absolute atomic E-state index is 0.165. The molecule has 2 amide bonds. The molecule has 3 saturated heterocycles. The maximum absolute atomic E-state index is 12.8. The number of benzene rings is 1. The first kappa shape index (κ1) is 25.0. The molecule has 0 radical (unpaired) electrons. The normalized spacial score (nSPS) is 23.1. The van der Waals surface area contributed by atoms with Gasteiger partial charge in [-0.05, 0) is 17.7 Å². The third-order valence-electron chi connectivity index (χ3n) is 7.37. The summed E-state index contributed by atoms with van der Waals surface area (Å²) in [6, 6.07) is 7.71. The zero-order chi connectivity index (χ0) is 25.4. The van der Waals surface area contributed by atoms with E-state index in [9.17, 15) is 13.8 Å². The van der Waals surface area contributed by atoms with Crippen molar-refractivity contribution in [3.8, 4) is 0 Å². The van der Waals surface area contributed by atoms with Crippen LogP contribution in [0.25, 0.3) is 0 Å². The molecule has 0 saturated carbocycles. The van der Waals surface area contributed by atoms with Crippen molar-refractivity contribution in [3.05, 3.63) is 41.0 Å². The molecule has 4 heterocycles. The summed E-state index contributed by atoms with van der Waals surface area (Å²) in [6.45, 7) is 8.74. The summed E-state index contributed by atoms with van der Waals surface area (Å²) < 4.78 is 15.3. The molecular weight excluding hydrogens is 502 g/mol. The molecule has 10 nitrogen and oxygen atoms in total. The number of aromatic nitrogens is 2. The number of fused-ring (bicyclic) bond motifs is 1. The van der Waals surface area contributed by atoms with Crippen molar-refractivity contribution in [1.29, 1.82) is 0 Å². The fourth-order valence-corrected chi connectivity index (χ4v) is 6.12. The number of nitrogens with zero attached hydrogens (tertiary/aromatic N) is 6. The summed E-state index contributed by atoms with van der Waals surface area (Å²) in [4.78, 5) is 33.0. The van der Waals surface area contributed by atoms with Crippen molar-refractivity contribution in [2.24, 2.45) is 11.8 Å². The lowest BCUT2D eigenvalue weighted by Gasteiger charge is -2.34. The molecule has 0 bridgehead atoms. The quantitative estimate of drug-likeness (QED) is 0.631. The van der Waals surface area contributed by atoms with Crippen molar-refractivity contribution in [3.63, 3.8) is 0 Å². The first-order valence-corrected chi connectivity index (χ1v) is 14.2. The van der Waals surface area contributed by atoms with Crippen molar-refractivity contribution in [2.75, 3.05) is 68.2 Å². The minimum atomic E-state index is -1.24. The zero-order valence-electron chi connectivity index (χ0n) is 20.6. The summed E-state index contributed by atoms with van der Waals surface area (Å²) in [5.41, 5.74) is 2.27. The number of nitrogens with one attached hydrogen (secondary N) is 1. The average Bonchev–Trinajstić information content (AvgIpc) is 3.55. The van der Waals surface area contributed by atoms with E-state index in [-0.39, 0.29) is 11.9 Å². The van der Waals surface area contributed by atoms with Gasteiger partial charge in [0.05, 0.1) is 10.7 Å². The first-order chi connectivity index (χ1) is 17.3. The molecule has 3 fully saturated rings. The highest BCUT2D eigenvalue weighted by molar-refractivity contribution is 7.85. The second-order valence-corrected chi connectivity index (χ2v) is 11.4. The Balaban J connectivity index is 1.15. The number of likely N-dealkylation sites (tertiary alicyclic amines) is 1. The lowest BCUT2D eigenvalue weighted by molar-refractivity contribution is -0.128. The van der Waals surface area contributed by atoms with Crippen molar-refractivity contribution < 1.29 is 13.8 Å². The molecule has 0 spiro atoms. The van der Waals surface area contributed by atoms with Crippen LogP contribution in [0.3, 0.4) is 0 Å². The average molecular weight is 534 g/mol. The monoisotopic (exact) mass is 533 g/mol. The third kappa shape index (κ3) is 5.37. The van der Waals surface area contributed by atoms with Gasteiger partial charge in [-0.1, -0.05) is 17.7 Å². The van der Waals surface area contributed by atoms with E-state index in [0.717, 1.165) is 56.5 Å². The van der Waals surface area contributed by atoms with E-state index in [1.54, 1.807) is 24.1 Å². The van der Waals surface area contributed by atoms with Crippen molar-refractivity contribution in [1.82, 2.24) is 24.5 Å². The van der Waals surface area contributed by atoms with Crippen LogP contribution in [0.2, 0.25) is 5.02 Å². The van der Waals surface area contributed by atoms with Gasteiger partial charge in [0.15, 0.2) is 5.82 Å². The fraction of sp³-hybridized carbons (Fsp3) is 0.542. The molecule has 3 unspecified atom stereocenters. The molecule has 1 aromatic heterocycles. The van der Waals surface area contributed by atoms with Gasteiger partial charge in [0.25, 0.3) is 0 Å². The summed E-state index contributed by atoms with van der Waals surface area (Å²) in [7, 11) is -1.24. The molecular formula is C24H32ClN7O3S. The number of carbonyl (C=O) groups excluding carboxylic acids is 2. The Bertz CT molecular complexity index is 1150. The van der Waals surface area contributed by atoms with Crippen LogP contribution in [0.5, 0.6) is 0 Å². The van der Waals surface area contributed by atoms with Crippen LogP contribution in [-0.2, 0) is 22.3 Å². The van der Waals surface area contributed by atoms with E-state index in [2.05, 4.69) is 31.8 Å². The minimum Gasteiger partial charge on any atom is -0.370 e. The summed E-state index contributed by atoms with van der Waals surface area (Å²) in [5, 5.41) is 4.93. The molecule has 1 N–H and O–H groups in total. The zero-order valence-corrected chi connectivity index (χ0v) is 22.2. The highest BCUT2D eigenvalue weighted by Crippen LogP contribution is 2.37. The molecule has 3 aliphatic rings. The van der Waals surface area contributed by atoms with Gasteiger partial charge in [0.2, 0.25) is 5.91 Å². The number of amides is 2. The predicted octanol–water partition coefficient (Wildman–Crippen LogP) is 1.94. The molecule has 36 heavy (non-hydrogen) atoms. The van der Waals surface area contributed by atoms with E-state index in [0.29, 0.717) is 30.7 Å². The molecule has 2 aromatic rings. The molecule has 1 aromatic carbocycles. The molecule has 3 atom stereocenters. The Kier molecular flexibility index (Phi) is 7.23. The van der Waals surface area contributed by atoms with Crippen LogP contribution in [0.4, 0.5) is 16.3 Å². The number of piperazine rings is 1. The lowest BCUT2D eigenvalue weighted by Crippen LogP contribution is -2.49. The van der Waals surface area contributed by atoms with Gasteiger partial charge in [-0.2, -0.15) is 4.68 Å². The Morgan fingerprint density at radius 1 is 1.06 bits per heavy atom. The Hall–Kier alpha value is -2.63. The number of hydrogen-bond acceptors (Lipinski definition) is 6. The van der Waals surface area contributed by atoms with Gasteiger partial charge in [0.1, 0.15) is 11.0 Å². The number of halogens is 1. The van der Waals surface area contributed by atoms with Crippen molar-refractivity contribution in [2.45, 2.75) is 13.5 Å². The van der Waals surface area contributed by atoms with Crippen molar-refractivity contribution >= 4 is 46.0 Å². The molecule has 3 aliphatic heterocycles. The predicted molar refractivity (Wildman–Crippen MR) is 140 cm³/mol. The van der Waals surface area contributed by atoms with Gasteiger partial charge in [-0.15, -0.1) is 5.10 Å². The highest BCUT2D eigenvalue weighted by atomic mass is 35.5. The van der Waals surface area contributed by atoms with Crippen LogP contribution >= 0.6 is 11.6 Å². The second kappa shape index (κ2) is 10.4. The molecule has 194 valence electrons. The fourth-order valence-electron chi connectivity index (χ4n) is 5.48. The maximum Gasteiger partial charge on any atom is 0.344 e. The van der Waals surface area contributed by atoms with E-state index in [4.69, 9.17) is 11.6 Å². The maximum atomic E-state index is 12.8. The van der Waals surface area contributed by atoms with E-state index in [1.165, 1.54) is 16.5 Å². The SMILES string of the molecule is CC(=O)N1CC2CN(c3cc(CN4CCN(C(=O)n5ccc(NS(C)=O)n5)CC4)ccc3Cl)CC2C1. The topological polar surface area (TPSA) is 94.0 Å². The second-order valence-electron chi connectivity index (χ2n) is 9.88. The molecule has 0 aliphatic carbocycles. The lowest BCUT2D eigenvalue weighted by atomic mass is 10.0. The van der Waals surface area contributed by atoms with E-state index < -0.39 is 11.0 Å². The van der Waals surface area contributed by atoms with Crippen LogP contribution in [0, 0.1) is 11.8 Å². The summed E-state index contributed by atoms with van der Waals surface area (Å²) in [6.07, 6.45) is 3.10. The number of rotatable bonds is 5. The number of carbonyl (C=O) groups is 2. The van der Waals surface area contributed by atoms with Gasteiger partial charge < -0.3 is 14.7 Å². The molecule has 12 heteroatoms. The van der Waals surface area contributed by atoms with Crippen LogP contribution in [0.15, 0.2) is 30.5 Å². The smallest absolute Gasteiger partial charge is 0.344 e. The summed E-state index contributed by atoms with van der Waals surface area (Å²) in [5.74, 6) is 1.59. The van der Waals surface area contributed by atoms with Gasteiger partial charge in [-0.25, -0.2) is 9.00 Å². The van der Waals surface area contributed by atoms with Crippen LogP contribution < -0.4 is 9.62 Å². The van der Waals surface area contributed by atoms with Crippen LogP contribution in [-0.4, -0.2) is 99.2 Å². The van der Waals surface area contributed by atoms with Gasteiger partial charge in [0, 0.05) is 96.2 Å². The standard InChI is InChI=1S/C24H32ClN7O3S/c1-17(33)30-13-19-15-31(16-20(19)14-30)22-11-18(3-4-21(22)25)12-28-7-9-29(10-8-28)24(34)32-6-5-23(26-32)27-36(2)35/h3-6,11,19-20H,7-10,12-16H2,1-2H3,(H,26,27). The van der Waals surface area contributed by atoms with E-state index >= 15 is 0 Å². The number of hydrogen-bond donors (Lipinski definition) is 1. The molecule has 5 rings (SSSR count). The third-order valence-corrected chi connectivity index (χ3v) is 8.18. The largest absolute Gasteiger partial charge is 0.370 e. The Morgan fingerprint density at radius 3 is 2.39 bits per heavy atom. The van der Waals surface area contributed by atoms with E-state index in [1.807, 2.05) is 11.0 Å². The van der Waals surface area contributed by atoms with Gasteiger partial charge in [-0.3, -0.25) is 14.4 Å². The Labute approximate surface area is 218 Å². The number of anilines is 2. The summed E-state index contributed by atoms with van der Waals surface area (Å²) >= 11 is 6.60. The Morgan fingerprint density at radius 2 is 1.75 bits per heavy atom.